The number of piperidine rings is 1. The fraction of sp³-hybridized carbons (Fsp3) is 0.462. The van der Waals surface area contributed by atoms with Crippen LogP contribution in [0.5, 0.6) is 0 Å². The minimum atomic E-state index is -0.176. The maximum atomic E-state index is 11.9. The number of nitriles is 1. The van der Waals surface area contributed by atoms with Gasteiger partial charge in [0.15, 0.2) is 0 Å². The second kappa shape index (κ2) is 5.50. The molecular weight excluding hydrogens is 228 g/mol. The SMILES string of the molecule is CNC(=O)C1CCCCN1c1cc(C#N)ccn1. The van der Waals surface area contributed by atoms with Crippen LogP contribution in [-0.4, -0.2) is 30.5 Å². The molecule has 5 nitrogen and oxygen atoms in total. The summed E-state index contributed by atoms with van der Waals surface area (Å²) >= 11 is 0. The van der Waals surface area contributed by atoms with E-state index >= 15 is 0 Å². The number of rotatable bonds is 2. The maximum Gasteiger partial charge on any atom is 0.242 e. The number of hydrogen-bond acceptors (Lipinski definition) is 4. The molecule has 0 aromatic carbocycles. The lowest BCUT2D eigenvalue weighted by atomic mass is 10.0. The summed E-state index contributed by atoms with van der Waals surface area (Å²) in [5, 5.41) is 11.6. The number of aromatic nitrogens is 1. The third-order valence-electron chi connectivity index (χ3n) is 3.22. The van der Waals surface area contributed by atoms with E-state index in [0.29, 0.717) is 11.4 Å². The molecule has 1 aliphatic heterocycles. The van der Waals surface area contributed by atoms with Crippen LogP contribution in [-0.2, 0) is 4.79 Å². The van der Waals surface area contributed by atoms with Gasteiger partial charge in [0, 0.05) is 19.8 Å². The van der Waals surface area contributed by atoms with Gasteiger partial charge in [-0.2, -0.15) is 5.26 Å². The van der Waals surface area contributed by atoms with Crippen molar-refractivity contribution in [3.8, 4) is 6.07 Å². The van der Waals surface area contributed by atoms with Crippen LogP contribution in [0.3, 0.4) is 0 Å². The lowest BCUT2D eigenvalue weighted by molar-refractivity contribution is -0.122. The molecule has 1 N–H and O–H groups in total. The zero-order valence-corrected chi connectivity index (χ0v) is 10.4. The quantitative estimate of drug-likeness (QED) is 0.844. The normalized spacial score (nSPS) is 19.1. The minimum Gasteiger partial charge on any atom is -0.357 e. The van der Waals surface area contributed by atoms with Crippen molar-refractivity contribution in [1.82, 2.24) is 10.3 Å². The van der Waals surface area contributed by atoms with E-state index in [4.69, 9.17) is 5.26 Å². The van der Waals surface area contributed by atoms with Crippen LogP contribution in [0.4, 0.5) is 5.82 Å². The average Bonchev–Trinajstić information content (AvgIpc) is 2.46. The van der Waals surface area contributed by atoms with Gasteiger partial charge >= 0.3 is 0 Å². The van der Waals surface area contributed by atoms with E-state index < -0.39 is 0 Å². The summed E-state index contributed by atoms with van der Waals surface area (Å²) in [6.07, 6.45) is 4.54. The van der Waals surface area contributed by atoms with E-state index in [1.54, 1.807) is 25.4 Å². The smallest absolute Gasteiger partial charge is 0.242 e. The number of amides is 1. The van der Waals surface area contributed by atoms with Crippen molar-refractivity contribution < 1.29 is 4.79 Å². The highest BCUT2D eigenvalue weighted by Crippen LogP contribution is 2.23. The predicted molar refractivity (Wildman–Crippen MR) is 68.0 cm³/mol. The molecule has 1 fully saturated rings. The standard InChI is InChI=1S/C13H16N4O/c1-15-13(18)11-4-2-3-7-17(11)12-8-10(9-14)5-6-16-12/h5-6,8,11H,2-4,7H2,1H3,(H,15,18). The summed E-state index contributed by atoms with van der Waals surface area (Å²) in [7, 11) is 1.65. The maximum absolute atomic E-state index is 11.9. The molecule has 1 aromatic rings. The number of carbonyl (C=O) groups excluding carboxylic acids is 1. The molecule has 0 aliphatic carbocycles. The number of anilines is 1. The topological polar surface area (TPSA) is 69.0 Å². The molecule has 1 aliphatic rings. The number of hydrogen-bond donors (Lipinski definition) is 1. The van der Waals surface area contributed by atoms with Crippen molar-refractivity contribution in [3.05, 3.63) is 23.9 Å². The second-order valence-corrected chi connectivity index (χ2v) is 4.33. The zero-order chi connectivity index (χ0) is 13.0. The predicted octanol–water partition coefficient (Wildman–Crippen LogP) is 1.06. The first-order chi connectivity index (χ1) is 8.76. The molecule has 1 amide bonds. The van der Waals surface area contributed by atoms with Crippen molar-refractivity contribution >= 4 is 11.7 Å². The van der Waals surface area contributed by atoms with Crippen LogP contribution < -0.4 is 10.2 Å². The lowest BCUT2D eigenvalue weighted by Crippen LogP contribution is -2.49. The average molecular weight is 244 g/mol. The van der Waals surface area contributed by atoms with Gasteiger partial charge < -0.3 is 10.2 Å². The van der Waals surface area contributed by atoms with E-state index in [0.717, 1.165) is 25.8 Å². The highest BCUT2D eigenvalue weighted by Gasteiger charge is 2.28. The first-order valence-electron chi connectivity index (χ1n) is 6.10. The Morgan fingerprint density at radius 3 is 3.17 bits per heavy atom. The molecule has 2 rings (SSSR count). The van der Waals surface area contributed by atoms with Gasteiger partial charge in [-0.25, -0.2) is 4.98 Å². The summed E-state index contributed by atoms with van der Waals surface area (Å²) in [6.45, 7) is 0.806. The van der Waals surface area contributed by atoms with Gasteiger partial charge in [-0.3, -0.25) is 4.79 Å². The third kappa shape index (κ3) is 2.43. The Hall–Kier alpha value is -2.09. The molecule has 1 atom stereocenters. The van der Waals surface area contributed by atoms with Crippen molar-refractivity contribution in [1.29, 1.82) is 5.26 Å². The van der Waals surface area contributed by atoms with Crippen molar-refractivity contribution in [2.45, 2.75) is 25.3 Å². The molecule has 2 heterocycles. The first-order valence-corrected chi connectivity index (χ1v) is 6.10. The molecule has 0 bridgehead atoms. The second-order valence-electron chi connectivity index (χ2n) is 4.33. The zero-order valence-electron chi connectivity index (χ0n) is 10.4. The van der Waals surface area contributed by atoms with Gasteiger partial charge in [0.25, 0.3) is 0 Å². The highest BCUT2D eigenvalue weighted by atomic mass is 16.2. The van der Waals surface area contributed by atoms with E-state index in [9.17, 15) is 4.79 Å². The van der Waals surface area contributed by atoms with Crippen LogP contribution >= 0.6 is 0 Å². The number of nitrogens with one attached hydrogen (secondary N) is 1. The summed E-state index contributed by atoms with van der Waals surface area (Å²) in [5.41, 5.74) is 0.571. The van der Waals surface area contributed by atoms with Gasteiger partial charge in [0.05, 0.1) is 11.6 Å². The fourth-order valence-corrected chi connectivity index (χ4v) is 2.29. The number of carbonyl (C=O) groups is 1. The molecule has 18 heavy (non-hydrogen) atoms. The molecule has 1 aromatic heterocycles. The minimum absolute atomic E-state index is 0.0128. The van der Waals surface area contributed by atoms with Crippen LogP contribution in [0.1, 0.15) is 24.8 Å². The molecule has 0 spiro atoms. The summed E-state index contributed by atoms with van der Waals surface area (Å²) in [5.74, 6) is 0.723. The van der Waals surface area contributed by atoms with Gasteiger partial charge in [-0.1, -0.05) is 0 Å². The van der Waals surface area contributed by atoms with E-state index in [-0.39, 0.29) is 11.9 Å². The molecule has 5 heteroatoms. The van der Waals surface area contributed by atoms with E-state index in [1.165, 1.54) is 0 Å². The summed E-state index contributed by atoms with van der Waals surface area (Å²) in [6, 6.07) is 5.33. The Kier molecular flexibility index (Phi) is 3.78. The molecule has 94 valence electrons. The molecule has 0 saturated carbocycles. The number of nitrogens with zero attached hydrogens (tertiary/aromatic N) is 3. The monoisotopic (exact) mass is 244 g/mol. The van der Waals surface area contributed by atoms with Crippen molar-refractivity contribution in [3.63, 3.8) is 0 Å². The van der Waals surface area contributed by atoms with E-state index in [2.05, 4.69) is 16.4 Å². The molecule has 0 radical (unpaired) electrons. The Morgan fingerprint density at radius 2 is 2.44 bits per heavy atom. The third-order valence-corrected chi connectivity index (χ3v) is 3.22. The van der Waals surface area contributed by atoms with Gasteiger partial charge in [-0.15, -0.1) is 0 Å². The van der Waals surface area contributed by atoms with Gasteiger partial charge in [0.1, 0.15) is 11.9 Å². The number of pyridine rings is 1. The van der Waals surface area contributed by atoms with Crippen molar-refractivity contribution in [2.75, 3.05) is 18.5 Å². The first kappa shape index (κ1) is 12.4. The van der Waals surface area contributed by atoms with E-state index in [1.807, 2.05) is 4.90 Å². The summed E-state index contributed by atoms with van der Waals surface area (Å²) in [4.78, 5) is 18.1. The highest BCUT2D eigenvalue weighted by molar-refractivity contribution is 5.84. The fourth-order valence-electron chi connectivity index (χ4n) is 2.29. The van der Waals surface area contributed by atoms with Crippen LogP contribution in [0.2, 0.25) is 0 Å². The van der Waals surface area contributed by atoms with Gasteiger partial charge in [-0.05, 0) is 31.4 Å². The Balaban J connectivity index is 2.28. The summed E-state index contributed by atoms with van der Waals surface area (Å²) < 4.78 is 0. The van der Waals surface area contributed by atoms with Crippen LogP contribution in [0, 0.1) is 11.3 Å². The van der Waals surface area contributed by atoms with Crippen LogP contribution in [0.15, 0.2) is 18.3 Å². The largest absolute Gasteiger partial charge is 0.357 e. The Bertz CT molecular complexity index is 480. The molecular formula is C13H16N4O. The Labute approximate surface area is 106 Å². The van der Waals surface area contributed by atoms with Crippen LogP contribution in [0.25, 0.3) is 0 Å². The Morgan fingerprint density at radius 1 is 1.61 bits per heavy atom. The molecule has 1 saturated heterocycles. The van der Waals surface area contributed by atoms with Gasteiger partial charge in [0.2, 0.25) is 5.91 Å². The van der Waals surface area contributed by atoms with Crippen molar-refractivity contribution in [2.24, 2.45) is 0 Å². The number of likely N-dealkylation sites (N-methyl/N-ethyl adjacent to an activating group) is 1. The lowest BCUT2D eigenvalue weighted by Gasteiger charge is -2.35. The molecule has 1 unspecified atom stereocenters.